The van der Waals surface area contributed by atoms with Crippen LogP contribution in [0.15, 0.2) is 0 Å². The number of carboxylic acid groups (broad SMARTS) is 2. The molecule has 0 fully saturated rings. The van der Waals surface area contributed by atoms with Gasteiger partial charge in [-0.2, -0.15) is 0 Å². The summed E-state index contributed by atoms with van der Waals surface area (Å²) < 4.78 is 0. The van der Waals surface area contributed by atoms with Crippen LogP contribution < -0.4 is 10.2 Å². The monoisotopic (exact) mass is 480 g/mol. The predicted octanol–water partition coefficient (Wildman–Crippen LogP) is 3.09. The normalized spacial score (nSPS) is 11.1. The molecule has 0 atom stereocenters. The van der Waals surface area contributed by atoms with E-state index in [2.05, 4.69) is 13.8 Å². The summed E-state index contributed by atoms with van der Waals surface area (Å²) in [7, 11) is 0. The zero-order valence-electron chi connectivity index (χ0n) is 17.4. The minimum atomic E-state index is -0.874. The molecule has 0 saturated carbocycles. The standard InChI is InChI=1S/2C10H20O2.Ba/c2*1-4-7-8-10(5-2,6-3)9(11)12;/h2*4-8H2,1-3H3,(H,11,12);/q;;+2/p-2. The van der Waals surface area contributed by atoms with Crippen molar-refractivity contribution in [1.82, 2.24) is 0 Å². The molecule has 0 aromatic rings. The third-order valence-corrected chi connectivity index (χ3v) is 5.59. The van der Waals surface area contributed by atoms with Crippen LogP contribution in [0.1, 0.15) is 106 Å². The van der Waals surface area contributed by atoms with Crippen molar-refractivity contribution in [1.29, 1.82) is 0 Å². The second-order valence-corrected chi connectivity index (χ2v) is 6.76. The van der Waals surface area contributed by atoms with Gasteiger partial charge in [-0.1, -0.05) is 67.2 Å². The number of carboxylic acids is 2. The molecule has 0 bridgehead atoms. The molecule has 0 aromatic carbocycles. The van der Waals surface area contributed by atoms with Crippen LogP contribution in [-0.4, -0.2) is 60.8 Å². The van der Waals surface area contributed by atoms with E-state index in [1.807, 2.05) is 27.7 Å². The van der Waals surface area contributed by atoms with Gasteiger partial charge in [-0.05, 0) is 38.5 Å². The van der Waals surface area contributed by atoms with Gasteiger partial charge in [0, 0.05) is 22.8 Å². The summed E-state index contributed by atoms with van der Waals surface area (Å²) in [6.45, 7) is 11.9. The maximum Gasteiger partial charge on any atom is 2.00 e. The summed E-state index contributed by atoms with van der Waals surface area (Å²) in [6, 6.07) is 0. The summed E-state index contributed by atoms with van der Waals surface area (Å²) in [4.78, 5) is 21.8. The van der Waals surface area contributed by atoms with Crippen LogP contribution >= 0.6 is 0 Å². The average molecular weight is 480 g/mol. The third kappa shape index (κ3) is 10.4. The fraction of sp³-hybridized carbons (Fsp3) is 0.900. The zero-order chi connectivity index (χ0) is 19.2. The Bertz CT molecular complexity index is 314. The van der Waals surface area contributed by atoms with Gasteiger partial charge < -0.3 is 19.8 Å². The molecule has 0 aliphatic carbocycles. The first-order chi connectivity index (χ1) is 11.3. The number of carbonyl (C=O) groups excluding carboxylic acids is 2. The molecule has 0 amide bonds. The number of unbranched alkanes of at least 4 members (excludes halogenated alkanes) is 2. The van der Waals surface area contributed by atoms with Crippen LogP contribution in [0.5, 0.6) is 0 Å². The number of rotatable bonds is 12. The van der Waals surface area contributed by atoms with Crippen LogP contribution in [0, 0.1) is 10.8 Å². The Balaban J connectivity index is -0.000000372. The molecule has 0 spiro atoms. The number of aliphatic carboxylic acids is 2. The number of carbonyl (C=O) groups is 2. The van der Waals surface area contributed by atoms with E-state index in [4.69, 9.17) is 0 Å². The van der Waals surface area contributed by atoms with Crippen molar-refractivity contribution >= 4 is 60.8 Å². The summed E-state index contributed by atoms with van der Waals surface area (Å²) in [5, 5.41) is 21.8. The Morgan fingerprint density at radius 3 is 1.00 bits per heavy atom. The fourth-order valence-corrected chi connectivity index (χ4v) is 3.02. The molecule has 0 aliphatic heterocycles. The molecule has 25 heavy (non-hydrogen) atoms. The molecule has 0 unspecified atom stereocenters. The van der Waals surface area contributed by atoms with E-state index in [0.29, 0.717) is 25.7 Å². The first kappa shape index (κ1) is 30.2. The van der Waals surface area contributed by atoms with E-state index in [9.17, 15) is 19.8 Å². The summed E-state index contributed by atoms with van der Waals surface area (Å²) >= 11 is 0. The Labute approximate surface area is 195 Å². The Kier molecular flexibility index (Phi) is 20.2. The largest absolute Gasteiger partial charge is 2.00 e. The van der Waals surface area contributed by atoms with Crippen molar-refractivity contribution in [2.75, 3.05) is 0 Å². The van der Waals surface area contributed by atoms with Crippen molar-refractivity contribution < 1.29 is 19.8 Å². The molecule has 0 N–H and O–H groups in total. The van der Waals surface area contributed by atoms with Crippen LogP contribution in [0.4, 0.5) is 0 Å². The van der Waals surface area contributed by atoms with E-state index in [1.165, 1.54) is 0 Å². The SMILES string of the molecule is CCCCC(CC)(CC)C(=O)[O-].CCCCC(CC)(CC)C(=O)[O-].[Ba+2]. The van der Waals surface area contributed by atoms with Gasteiger partial charge in [0.1, 0.15) is 0 Å². The van der Waals surface area contributed by atoms with Crippen molar-refractivity contribution in [2.45, 2.75) is 106 Å². The van der Waals surface area contributed by atoms with E-state index in [-0.39, 0.29) is 48.9 Å². The summed E-state index contributed by atoms with van der Waals surface area (Å²) in [5.41, 5.74) is -1.12. The molecule has 0 aliphatic rings. The fourth-order valence-electron chi connectivity index (χ4n) is 3.02. The average Bonchev–Trinajstić information content (AvgIpc) is 2.58. The van der Waals surface area contributed by atoms with Gasteiger partial charge in [-0.25, -0.2) is 0 Å². The minimum absolute atomic E-state index is 0. The van der Waals surface area contributed by atoms with Crippen molar-refractivity contribution in [3.8, 4) is 0 Å². The smallest absolute Gasteiger partial charge is 0.550 e. The van der Waals surface area contributed by atoms with E-state index >= 15 is 0 Å². The quantitative estimate of drug-likeness (QED) is 0.403. The van der Waals surface area contributed by atoms with Crippen LogP contribution in [0.25, 0.3) is 0 Å². The van der Waals surface area contributed by atoms with Gasteiger partial charge >= 0.3 is 48.9 Å². The first-order valence-corrected chi connectivity index (χ1v) is 9.68. The minimum Gasteiger partial charge on any atom is -0.550 e. The predicted molar refractivity (Wildman–Crippen MR) is 101 cm³/mol. The maximum atomic E-state index is 10.9. The molecule has 5 heteroatoms. The second-order valence-electron chi connectivity index (χ2n) is 6.76. The first-order valence-electron chi connectivity index (χ1n) is 9.68. The third-order valence-electron chi connectivity index (χ3n) is 5.59. The molecule has 0 rings (SSSR count). The zero-order valence-corrected chi connectivity index (χ0v) is 21.9. The van der Waals surface area contributed by atoms with Gasteiger partial charge in [-0.15, -0.1) is 0 Å². The van der Waals surface area contributed by atoms with E-state index < -0.39 is 22.8 Å². The molecule has 0 radical (unpaired) electrons. The van der Waals surface area contributed by atoms with Crippen LogP contribution in [0.2, 0.25) is 0 Å². The number of hydrogen-bond acceptors (Lipinski definition) is 4. The molecule has 144 valence electrons. The van der Waals surface area contributed by atoms with Crippen molar-refractivity contribution in [3.63, 3.8) is 0 Å². The van der Waals surface area contributed by atoms with Crippen molar-refractivity contribution in [2.24, 2.45) is 10.8 Å². The maximum absolute atomic E-state index is 10.9. The van der Waals surface area contributed by atoms with Crippen LogP contribution in [-0.2, 0) is 9.59 Å². The van der Waals surface area contributed by atoms with Gasteiger partial charge in [0.25, 0.3) is 0 Å². The van der Waals surface area contributed by atoms with E-state index in [0.717, 1.165) is 38.5 Å². The topological polar surface area (TPSA) is 80.3 Å². The molecule has 0 saturated heterocycles. The molecule has 4 nitrogen and oxygen atoms in total. The molecule has 0 heterocycles. The summed E-state index contributed by atoms with van der Waals surface area (Å²) in [6.07, 6.45) is 8.34. The number of hydrogen-bond donors (Lipinski definition) is 0. The summed E-state index contributed by atoms with van der Waals surface area (Å²) in [5.74, 6) is -1.75. The van der Waals surface area contributed by atoms with E-state index in [1.54, 1.807) is 0 Å². The second kappa shape index (κ2) is 16.7. The van der Waals surface area contributed by atoms with Gasteiger partial charge in [0.2, 0.25) is 0 Å². The molecular weight excluding hydrogens is 442 g/mol. The Morgan fingerprint density at radius 1 is 0.640 bits per heavy atom. The Morgan fingerprint density at radius 2 is 0.880 bits per heavy atom. The Hall–Kier alpha value is 0.511. The van der Waals surface area contributed by atoms with Gasteiger partial charge in [0.15, 0.2) is 0 Å². The van der Waals surface area contributed by atoms with Gasteiger partial charge in [0.05, 0.1) is 0 Å². The molecule has 0 aromatic heterocycles. The van der Waals surface area contributed by atoms with Crippen molar-refractivity contribution in [3.05, 3.63) is 0 Å². The van der Waals surface area contributed by atoms with Crippen LogP contribution in [0.3, 0.4) is 0 Å². The molecular formula is C20H38BaO4. The van der Waals surface area contributed by atoms with Gasteiger partial charge in [-0.3, -0.25) is 0 Å².